The first-order valence-corrected chi connectivity index (χ1v) is 6.82. The molecule has 0 spiro atoms. The number of hydrogen-bond acceptors (Lipinski definition) is 5. The van der Waals surface area contributed by atoms with E-state index < -0.39 is 5.97 Å². The Bertz CT molecular complexity index is 431. The summed E-state index contributed by atoms with van der Waals surface area (Å²) in [5.41, 5.74) is 0. The van der Waals surface area contributed by atoms with E-state index in [1.807, 2.05) is 0 Å². The Morgan fingerprint density at radius 3 is 3.00 bits per heavy atom. The highest BCUT2D eigenvalue weighted by atomic mass is 16.5. The Labute approximate surface area is 112 Å². The molecule has 1 saturated heterocycles. The molecule has 1 aromatic heterocycles. The van der Waals surface area contributed by atoms with Gasteiger partial charge in [0.2, 0.25) is 5.89 Å². The number of aryl methyl sites for hydroxylation is 1. The second kappa shape index (κ2) is 6.14. The van der Waals surface area contributed by atoms with E-state index in [0.29, 0.717) is 30.1 Å². The van der Waals surface area contributed by atoms with Crippen molar-refractivity contribution in [2.45, 2.75) is 45.6 Å². The van der Waals surface area contributed by atoms with Crippen LogP contribution in [0.5, 0.6) is 0 Å². The Kier molecular flexibility index (Phi) is 4.52. The van der Waals surface area contributed by atoms with Crippen molar-refractivity contribution < 1.29 is 14.4 Å². The number of rotatable bonds is 6. The van der Waals surface area contributed by atoms with Crippen LogP contribution in [-0.2, 0) is 17.6 Å². The number of carboxylic acids is 1. The van der Waals surface area contributed by atoms with Gasteiger partial charge in [-0.05, 0) is 32.7 Å². The molecule has 1 fully saturated rings. The minimum Gasteiger partial charge on any atom is -0.481 e. The predicted octanol–water partition coefficient (Wildman–Crippen LogP) is 1.36. The third-order valence-electron chi connectivity index (χ3n) is 3.58. The fourth-order valence-electron chi connectivity index (χ4n) is 2.44. The molecule has 1 aromatic rings. The molecule has 0 saturated carbocycles. The number of likely N-dealkylation sites (tertiary alicyclic amines) is 1. The van der Waals surface area contributed by atoms with Crippen LogP contribution in [0.1, 0.15) is 38.4 Å². The summed E-state index contributed by atoms with van der Waals surface area (Å²) in [6, 6.07) is 0.585. The van der Waals surface area contributed by atoms with Crippen molar-refractivity contribution in [3.63, 3.8) is 0 Å². The van der Waals surface area contributed by atoms with Crippen molar-refractivity contribution in [1.29, 1.82) is 0 Å². The lowest BCUT2D eigenvalue weighted by atomic mass is 10.1. The molecule has 6 nitrogen and oxygen atoms in total. The van der Waals surface area contributed by atoms with Crippen LogP contribution < -0.4 is 0 Å². The molecule has 19 heavy (non-hydrogen) atoms. The summed E-state index contributed by atoms with van der Waals surface area (Å²) in [7, 11) is 0. The Balaban J connectivity index is 1.82. The van der Waals surface area contributed by atoms with Gasteiger partial charge in [0, 0.05) is 25.4 Å². The predicted molar refractivity (Wildman–Crippen MR) is 68.8 cm³/mol. The van der Waals surface area contributed by atoms with Crippen molar-refractivity contribution in [3.05, 3.63) is 11.7 Å². The number of aromatic nitrogens is 2. The summed E-state index contributed by atoms with van der Waals surface area (Å²) < 4.78 is 5.06. The smallest absolute Gasteiger partial charge is 0.303 e. The third kappa shape index (κ3) is 4.02. The van der Waals surface area contributed by atoms with Gasteiger partial charge in [0.1, 0.15) is 0 Å². The fourth-order valence-corrected chi connectivity index (χ4v) is 2.44. The van der Waals surface area contributed by atoms with E-state index in [2.05, 4.69) is 28.9 Å². The molecule has 1 aliphatic rings. The molecule has 0 radical (unpaired) electrons. The maximum absolute atomic E-state index is 10.5. The van der Waals surface area contributed by atoms with Gasteiger partial charge in [-0.1, -0.05) is 5.16 Å². The average molecular weight is 267 g/mol. The second-order valence-electron chi connectivity index (χ2n) is 5.45. The lowest BCUT2D eigenvalue weighted by molar-refractivity contribution is -0.137. The quantitative estimate of drug-likeness (QED) is 0.838. The summed E-state index contributed by atoms with van der Waals surface area (Å²) >= 11 is 0. The number of carboxylic acid groups (broad SMARTS) is 1. The van der Waals surface area contributed by atoms with Crippen LogP contribution >= 0.6 is 0 Å². The zero-order chi connectivity index (χ0) is 13.8. The number of nitrogens with zero attached hydrogens (tertiary/aromatic N) is 3. The molecule has 2 rings (SSSR count). The Morgan fingerprint density at radius 2 is 2.37 bits per heavy atom. The lowest BCUT2D eigenvalue weighted by Crippen LogP contribution is -2.28. The molecule has 1 aliphatic heterocycles. The highest BCUT2D eigenvalue weighted by Crippen LogP contribution is 2.21. The van der Waals surface area contributed by atoms with Crippen molar-refractivity contribution in [3.8, 4) is 0 Å². The molecule has 6 heteroatoms. The van der Waals surface area contributed by atoms with Gasteiger partial charge in [0.15, 0.2) is 5.82 Å². The molecule has 0 aliphatic carbocycles. The first-order chi connectivity index (χ1) is 9.04. The maximum Gasteiger partial charge on any atom is 0.303 e. The van der Waals surface area contributed by atoms with E-state index in [1.54, 1.807) is 0 Å². The van der Waals surface area contributed by atoms with E-state index >= 15 is 0 Å². The first kappa shape index (κ1) is 14.0. The van der Waals surface area contributed by atoms with Gasteiger partial charge in [0.05, 0.1) is 6.42 Å². The molecule has 1 N–H and O–H groups in total. The van der Waals surface area contributed by atoms with E-state index in [1.165, 1.54) is 0 Å². The van der Waals surface area contributed by atoms with Gasteiger partial charge < -0.3 is 14.5 Å². The second-order valence-corrected chi connectivity index (χ2v) is 5.45. The summed E-state index contributed by atoms with van der Waals surface area (Å²) in [5.74, 6) is 0.863. The van der Waals surface area contributed by atoms with Crippen LogP contribution in [0, 0.1) is 5.92 Å². The topological polar surface area (TPSA) is 79.5 Å². The molecular formula is C13H21N3O3. The summed E-state index contributed by atoms with van der Waals surface area (Å²) in [4.78, 5) is 17.2. The SMILES string of the molecule is CC(C)N1CCC(Cc2noc(CCC(=O)O)n2)C1. The summed E-state index contributed by atoms with van der Waals surface area (Å²) in [5, 5.41) is 12.5. The van der Waals surface area contributed by atoms with Crippen molar-refractivity contribution in [2.75, 3.05) is 13.1 Å². The van der Waals surface area contributed by atoms with E-state index in [0.717, 1.165) is 25.9 Å². The number of hydrogen-bond donors (Lipinski definition) is 1. The van der Waals surface area contributed by atoms with Gasteiger partial charge >= 0.3 is 5.97 Å². The van der Waals surface area contributed by atoms with Crippen LogP contribution in [0.2, 0.25) is 0 Å². The minimum absolute atomic E-state index is 0.0339. The largest absolute Gasteiger partial charge is 0.481 e. The van der Waals surface area contributed by atoms with Crippen molar-refractivity contribution >= 4 is 5.97 Å². The molecule has 0 amide bonds. The Morgan fingerprint density at radius 1 is 1.58 bits per heavy atom. The standard InChI is InChI=1S/C13H21N3O3/c1-9(2)16-6-5-10(8-16)7-11-14-12(19-15-11)3-4-13(17)18/h9-10H,3-8H2,1-2H3,(H,17,18). The minimum atomic E-state index is -0.844. The third-order valence-corrected chi connectivity index (χ3v) is 3.58. The van der Waals surface area contributed by atoms with Gasteiger partial charge in [-0.15, -0.1) is 0 Å². The van der Waals surface area contributed by atoms with Crippen molar-refractivity contribution in [2.24, 2.45) is 5.92 Å². The normalized spacial score (nSPS) is 20.3. The molecule has 1 unspecified atom stereocenters. The van der Waals surface area contributed by atoms with Crippen LogP contribution in [0.15, 0.2) is 4.52 Å². The van der Waals surface area contributed by atoms with E-state index in [4.69, 9.17) is 9.63 Å². The molecule has 2 heterocycles. The zero-order valence-corrected chi connectivity index (χ0v) is 11.5. The molecule has 0 bridgehead atoms. The molecular weight excluding hydrogens is 246 g/mol. The summed E-state index contributed by atoms with van der Waals surface area (Å²) in [6.45, 7) is 6.63. The highest BCUT2D eigenvalue weighted by molar-refractivity contribution is 5.66. The number of aliphatic carboxylic acids is 1. The average Bonchev–Trinajstić information content (AvgIpc) is 2.96. The Hall–Kier alpha value is -1.43. The van der Waals surface area contributed by atoms with Gasteiger partial charge in [0.25, 0.3) is 0 Å². The van der Waals surface area contributed by atoms with Gasteiger partial charge in [-0.3, -0.25) is 4.79 Å². The maximum atomic E-state index is 10.5. The zero-order valence-electron chi connectivity index (χ0n) is 11.5. The van der Waals surface area contributed by atoms with Gasteiger partial charge in [-0.25, -0.2) is 0 Å². The highest BCUT2D eigenvalue weighted by Gasteiger charge is 2.25. The van der Waals surface area contributed by atoms with E-state index in [9.17, 15) is 4.79 Å². The van der Waals surface area contributed by atoms with Crippen LogP contribution in [0.4, 0.5) is 0 Å². The number of carbonyl (C=O) groups is 1. The van der Waals surface area contributed by atoms with E-state index in [-0.39, 0.29) is 6.42 Å². The van der Waals surface area contributed by atoms with Crippen LogP contribution in [0.25, 0.3) is 0 Å². The van der Waals surface area contributed by atoms with Crippen LogP contribution in [-0.4, -0.2) is 45.2 Å². The first-order valence-electron chi connectivity index (χ1n) is 6.82. The van der Waals surface area contributed by atoms with Crippen LogP contribution in [0.3, 0.4) is 0 Å². The monoisotopic (exact) mass is 267 g/mol. The molecule has 106 valence electrons. The van der Waals surface area contributed by atoms with Crippen molar-refractivity contribution in [1.82, 2.24) is 15.0 Å². The lowest BCUT2D eigenvalue weighted by Gasteiger charge is -2.19. The molecule has 0 aromatic carbocycles. The molecule has 1 atom stereocenters. The van der Waals surface area contributed by atoms with Gasteiger partial charge in [-0.2, -0.15) is 4.98 Å². The fraction of sp³-hybridized carbons (Fsp3) is 0.769. The summed E-state index contributed by atoms with van der Waals surface area (Å²) in [6.07, 6.45) is 2.33.